The highest BCUT2D eigenvalue weighted by Gasteiger charge is 2.57. The summed E-state index contributed by atoms with van der Waals surface area (Å²) >= 11 is 0. The van der Waals surface area contributed by atoms with E-state index in [1.807, 2.05) is 6.08 Å². The largest absolute Gasteiger partial charge is 0.508 e. The summed E-state index contributed by atoms with van der Waals surface area (Å²) in [7, 11) is 0. The van der Waals surface area contributed by atoms with E-state index in [2.05, 4.69) is 37.0 Å². The lowest BCUT2D eigenvalue weighted by Crippen LogP contribution is -2.53. The molecule has 2 N–H and O–H groups in total. The minimum Gasteiger partial charge on any atom is -0.508 e. The lowest BCUT2D eigenvalue weighted by atomic mass is 9.54. The van der Waals surface area contributed by atoms with E-state index in [0.717, 1.165) is 5.57 Å². The summed E-state index contributed by atoms with van der Waals surface area (Å²) in [6.07, 6.45) is 1.98. The van der Waals surface area contributed by atoms with Crippen LogP contribution in [-0.4, -0.2) is 34.8 Å². The quantitative estimate of drug-likeness (QED) is 0.787. The summed E-state index contributed by atoms with van der Waals surface area (Å²) in [5.41, 5.74) is -0.450. The van der Waals surface area contributed by atoms with E-state index in [1.54, 1.807) is 18.2 Å². The fourth-order valence-corrected chi connectivity index (χ4v) is 4.35. The monoisotopic (exact) mass is 359 g/mol. The number of phenolic OH excluding ortho intramolecular Hbond substituents is 1. The Balaban J connectivity index is 2.25. The topological polar surface area (TPSA) is 119 Å². The molecule has 0 saturated heterocycles. The number of hydrogen-bond acceptors (Lipinski definition) is 6. The van der Waals surface area contributed by atoms with Crippen molar-refractivity contribution in [3.8, 4) is 24.0 Å². The van der Waals surface area contributed by atoms with E-state index in [-0.39, 0.29) is 23.4 Å². The highest BCUT2D eigenvalue weighted by molar-refractivity contribution is 6.00. The number of hydrogen-bond donors (Lipinski definition) is 2. The molecule has 1 fully saturated rings. The van der Waals surface area contributed by atoms with Gasteiger partial charge in [-0.2, -0.15) is 15.8 Å². The molecule has 1 heterocycles. The third kappa shape index (κ3) is 2.78. The average molecular weight is 359 g/mol. The number of phenols is 1. The molecule has 3 rings (SSSR count). The fraction of sp³-hybridized carbons (Fsp3) is 0.429. The Hall–Kier alpha value is -3.14. The Bertz CT molecular complexity index is 913. The SMILES string of the molecule is CC(C)N1CC=C2C(C#N)C(=N)C(C#N)(C#N)[C@@H](c3cccc(O)c3)[C@@H]2C1. The van der Waals surface area contributed by atoms with Crippen LogP contribution in [-0.2, 0) is 0 Å². The molecule has 0 radical (unpaired) electrons. The number of benzene rings is 1. The van der Waals surface area contributed by atoms with Crippen molar-refractivity contribution < 1.29 is 5.11 Å². The molecule has 1 aromatic carbocycles. The van der Waals surface area contributed by atoms with E-state index in [4.69, 9.17) is 5.41 Å². The third-order valence-electron chi connectivity index (χ3n) is 5.78. The van der Waals surface area contributed by atoms with Crippen LogP contribution in [0.2, 0.25) is 0 Å². The Morgan fingerprint density at radius 1 is 1.26 bits per heavy atom. The van der Waals surface area contributed by atoms with Gasteiger partial charge in [0.25, 0.3) is 0 Å². The van der Waals surface area contributed by atoms with Crippen molar-refractivity contribution in [1.82, 2.24) is 4.90 Å². The third-order valence-corrected chi connectivity index (χ3v) is 5.78. The zero-order valence-corrected chi connectivity index (χ0v) is 15.3. The van der Waals surface area contributed by atoms with Crippen LogP contribution in [0.1, 0.15) is 25.3 Å². The standard InChI is InChI=1S/C21H21N5O/c1-13(2)26-7-6-16-17(9-22)20(25)21(11-23,12-24)19(18(16)10-26)14-4-3-5-15(27)8-14/h3-6,8,13,17-19,25,27H,7,10H2,1-2H3/t17?,18-,19+/m1/s1. The predicted molar refractivity (Wildman–Crippen MR) is 99.6 cm³/mol. The first-order valence-electron chi connectivity index (χ1n) is 8.93. The second-order valence-electron chi connectivity index (χ2n) is 7.44. The van der Waals surface area contributed by atoms with Crippen molar-refractivity contribution in [3.05, 3.63) is 41.5 Å². The molecular weight excluding hydrogens is 338 g/mol. The van der Waals surface area contributed by atoms with Gasteiger partial charge in [-0.3, -0.25) is 4.90 Å². The molecular formula is C21H21N5O. The van der Waals surface area contributed by atoms with Crippen LogP contribution in [0.5, 0.6) is 5.75 Å². The van der Waals surface area contributed by atoms with E-state index < -0.39 is 17.3 Å². The first kappa shape index (κ1) is 18.6. The van der Waals surface area contributed by atoms with Gasteiger partial charge in [-0.05, 0) is 37.1 Å². The Kier molecular flexibility index (Phi) is 4.75. The predicted octanol–water partition coefficient (Wildman–Crippen LogP) is 2.95. The molecule has 6 nitrogen and oxygen atoms in total. The summed E-state index contributed by atoms with van der Waals surface area (Å²) in [6, 6.07) is 13.1. The van der Waals surface area contributed by atoms with Crippen LogP contribution in [0, 0.1) is 56.7 Å². The molecule has 1 aliphatic heterocycles. The van der Waals surface area contributed by atoms with Gasteiger partial charge in [0.05, 0.1) is 23.9 Å². The number of nitrogens with zero attached hydrogens (tertiary/aromatic N) is 4. The van der Waals surface area contributed by atoms with E-state index in [9.17, 15) is 20.9 Å². The molecule has 27 heavy (non-hydrogen) atoms. The molecule has 0 aromatic heterocycles. The lowest BCUT2D eigenvalue weighted by Gasteiger charge is -2.48. The van der Waals surface area contributed by atoms with Crippen molar-refractivity contribution in [2.24, 2.45) is 17.3 Å². The molecule has 1 saturated carbocycles. The number of fused-ring (bicyclic) bond motifs is 1. The van der Waals surface area contributed by atoms with E-state index in [1.165, 1.54) is 6.07 Å². The fourth-order valence-electron chi connectivity index (χ4n) is 4.35. The van der Waals surface area contributed by atoms with Gasteiger partial charge in [0, 0.05) is 31.0 Å². The van der Waals surface area contributed by atoms with Crippen LogP contribution in [0.25, 0.3) is 0 Å². The smallest absolute Gasteiger partial charge is 0.189 e. The Labute approximate surface area is 159 Å². The molecule has 1 aliphatic carbocycles. The number of nitrogens with one attached hydrogen (secondary N) is 1. The molecule has 136 valence electrons. The minimum atomic E-state index is -1.74. The van der Waals surface area contributed by atoms with Crippen LogP contribution >= 0.6 is 0 Å². The maximum Gasteiger partial charge on any atom is 0.189 e. The first-order valence-corrected chi connectivity index (χ1v) is 8.93. The minimum absolute atomic E-state index is 0.0493. The molecule has 0 spiro atoms. The molecule has 1 unspecified atom stereocenters. The number of nitriles is 3. The highest BCUT2D eigenvalue weighted by atomic mass is 16.3. The Morgan fingerprint density at radius 2 is 1.96 bits per heavy atom. The van der Waals surface area contributed by atoms with Crippen molar-refractivity contribution in [2.75, 3.05) is 13.1 Å². The van der Waals surface area contributed by atoms with Crippen molar-refractivity contribution in [3.63, 3.8) is 0 Å². The number of rotatable bonds is 2. The lowest BCUT2D eigenvalue weighted by molar-refractivity contribution is 0.171. The van der Waals surface area contributed by atoms with Crippen molar-refractivity contribution >= 4 is 5.71 Å². The highest BCUT2D eigenvalue weighted by Crippen LogP contribution is 2.53. The van der Waals surface area contributed by atoms with Gasteiger partial charge in [-0.25, -0.2) is 0 Å². The molecule has 1 aromatic rings. The molecule has 2 aliphatic rings. The maximum atomic E-state index is 9.97. The van der Waals surface area contributed by atoms with Gasteiger partial charge in [0.1, 0.15) is 11.7 Å². The summed E-state index contributed by atoms with van der Waals surface area (Å²) < 4.78 is 0. The zero-order chi connectivity index (χ0) is 19.8. The van der Waals surface area contributed by atoms with Crippen molar-refractivity contribution in [2.45, 2.75) is 25.8 Å². The van der Waals surface area contributed by atoms with Gasteiger partial charge in [-0.1, -0.05) is 18.2 Å². The molecule has 6 heteroatoms. The summed E-state index contributed by atoms with van der Waals surface area (Å²) in [4.78, 5) is 2.23. The second kappa shape index (κ2) is 6.88. The number of aromatic hydroxyl groups is 1. The zero-order valence-electron chi connectivity index (χ0n) is 15.3. The normalized spacial score (nSPS) is 27.0. The summed E-state index contributed by atoms with van der Waals surface area (Å²) in [5.74, 6) is -1.68. The van der Waals surface area contributed by atoms with E-state index >= 15 is 0 Å². The van der Waals surface area contributed by atoms with Gasteiger partial charge in [0.15, 0.2) is 5.41 Å². The van der Waals surface area contributed by atoms with Gasteiger partial charge in [0.2, 0.25) is 0 Å². The first-order chi connectivity index (χ1) is 12.9. The second-order valence-corrected chi connectivity index (χ2v) is 7.44. The van der Waals surface area contributed by atoms with Gasteiger partial charge < -0.3 is 10.5 Å². The molecule has 0 bridgehead atoms. The van der Waals surface area contributed by atoms with E-state index in [0.29, 0.717) is 18.7 Å². The van der Waals surface area contributed by atoms with Gasteiger partial charge in [-0.15, -0.1) is 0 Å². The summed E-state index contributed by atoms with van der Waals surface area (Å²) in [6.45, 7) is 5.43. The average Bonchev–Trinajstić information content (AvgIpc) is 2.66. The van der Waals surface area contributed by atoms with Crippen LogP contribution in [0.15, 0.2) is 35.9 Å². The van der Waals surface area contributed by atoms with Crippen LogP contribution in [0.4, 0.5) is 0 Å². The Morgan fingerprint density at radius 3 is 2.52 bits per heavy atom. The maximum absolute atomic E-state index is 9.97. The summed E-state index contributed by atoms with van der Waals surface area (Å²) in [5, 5.41) is 48.2. The molecule has 0 amide bonds. The van der Waals surface area contributed by atoms with Crippen LogP contribution in [0.3, 0.4) is 0 Å². The van der Waals surface area contributed by atoms with Gasteiger partial charge >= 0.3 is 0 Å². The van der Waals surface area contributed by atoms with Crippen LogP contribution < -0.4 is 0 Å². The van der Waals surface area contributed by atoms with Crippen molar-refractivity contribution in [1.29, 1.82) is 21.2 Å². The molecule has 3 atom stereocenters.